The van der Waals surface area contributed by atoms with Gasteiger partial charge in [0.25, 0.3) is 0 Å². The minimum Gasteiger partial charge on any atom is -0.473 e. The van der Waals surface area contributed by atoms with Gasteiger partial charge in [-0.3, -0.25) is 0 Å². The van der Waals surface area contributed by atoms with Gasteiger partial charge in [-0.25, -0.2) is 4.99 Å². The molecule has 1 unspecified atom stereocenters. The molecule has 1 aliphatic heterocycles. The molecule has 0 spiro atoms. The Hall–Kier alpha value is -1.87. The summed E-state index contributed by atoms with van der Waals surface area (Å²) < 4.78 is 5.30. The maximum Gasteiger partial charge on any atom is 0.218 e. The van der Waals surface area contributed by atoms with Crippen molar-refractivity contribution in [2.75, 3.05) is 6.61 Å². The number of rotatable bonds is 1. The lowest BCUT2D eigenvalue weighted by Gasteiger charge is -2.03. The average molecular weight is 213 g/mol. The number of nitrogens with zero attached hydrogens (tertiary/aromatic N) is 1. The summed E-state index contributed by atoms with van der Waals surface area (Å²) in [7, 11) is 0. The van der Waals surface area contributed by atoms with Gasteiger partial charge in [0, 0.05) is 5.56 Å². The molecule has 3 nitrogen and oxygen atoms in total. The van der Waals surface area contributed by atoms with E-state index >= 15 is 0 Å². The molecular weight excluding hydrogens is 202 g/mol. The van der Waals surface area contributed by atoms with E-state index in [0.29, 0.717) is 5.90 Å². The van der Waals surface area contributed by atoms with Gasteiger partial charge in [-0.1, -0.05) is 30.3 Å². The summed E-state index contributed by atoms with van der Waals surface area (Å²) in [6, 6.07) is 14.1. The fourth-order valence-corrected chi connectivity index (χ4v) is 1.84. The molecule has 1 atom stereocenters. The number of aliphatic hydroxyl groups is 1. The molecule has 1 aliphatic rings. The van der Waals surface area contributed by atoms with E-state index < -0.39 is 6.23 Å². The lowest BCUT2D eigenvalue weighted by molar-refractivity contribution is 0.139. The predicted octanol–water partition coefficient (Wildman–Crippen LogP) is 1.94. The van der Waals surface area contributed by atoms with Crippen LogP contribution in [-0.4, -0.2) is 23.8 Å². The number of fused-ring (bicyclic) bond motifs is 1. The van der Waals surface area contributed by atoms with E-state index in [1.54, 1.807) is 0 Å². The molecule has 0 saturated heterocycles. The number of benzene rings is 2. The summed E-state index contributed by atoms with van der Waals surface area (Å²) in [5.74, 6) is 0.526. The Morgan fingerprint density at radius 1 is 1.12 bits per heavy atom. The van der Waals surface area contributed by atoms with Gasteiger partial charge in [0.15, 0.2) is 6.23 Å². The standard InChI is InChI=1S/C13H11NO2/c15-12-8-16-13(14-12)11-6-5-9-3-1-2-4-10(9)7-11/h1-7,12,15H,8H2. The highest BCUT2D eigenvalue weighted by Crippen LogP contribution is 2.18. The molecule has 1 N–H and O–H groups in total. The largest absolute Gasteiger partial charge is 0.473 e. The van der Waals surface area contributed by atoms with Crippen molar-refractivity contribution >= 4 is 16.7 Å². The topological polar surface area (TPSA) is 41.8 Å². The normalized spacial score (nSPS) is 19.6. The fourth-order valence-electron chi connectivity index (χ4n) is 1.84. The summed E-state index contributed by atoms with van der Waals surface area (Å²) in [5.41, 5.74) is 0.912. The minimum atomic E-state index is -0.721. The van der Waals surface area contributed by atoms with Crippen molar-refractivity contribution in [3.8, 4) is 0 Å². The van der Waals surface area contributed by atoms with Crippen LogP contribution in [0.2, 0.25) is 0 Å². The Morgan fingerprint density at radius 3 is 2.69 bits per heavy atom. The van der Waals surface area contributed by atoms with Gasteiger partial charge in [0.1, 0.15) is 6.61 Å². The van der Waals surface area contributed by atoms with Gasteiger partial charge < -0.3 is 9.84 Å². The zero-order chi connectivity index (χ0) is 11.0. The predicted molar refractivity (Wildman–Crippen MR) is 62.4 cm³/mol. The third-order valence-electron chi connectivity index (χ3n) is 2.63. The number of ether oxygens (including phenoxy) is 1. The third-order valence-corrected chi connectivity index (χ3v) is 2.63. The van der Waals surface area contributed by atoms with E-state index in [2.05, 4.69) is 11.1 Å². The molecule has 3 heteroatoms. The van der Waals surface area contributed by atoms with Crippen molar-refractivity contribution in [2.24, 2.45) is 4.99 Å². The number of aliphatic imine (C=N–C) groups is 1. The van der Waals surface area contributed by atoms with E-state index in [1.165, 1.54) is 5.39 Å². The molecule has 16 heavy (non-hydrogen) atoms. The van der Waals surface area contributed by atoms with Crippen LogP contribution in [0.15, 0.2) is 47.5 Å². The van der Waals surface area contributed by atoms with Gasteiger partial charge in [0.2, 0.25) is 5.90 Å². The van der Waals surface area contributed by atoms with Crippen LogP contribution in [0.5, 0.6) is 0 Å². The summed E-state index contributed by atoms with van der Waals surface area (Å²) in [4.78, 5) is 4.02. The van der Waals surface area contributed by atoms with Crippen LogP contribution in [0, 0.1) is 0 Å². The lowest BCUT2D eigenvalue weighted by atomic mass is 10.1. The van der Waals surface area contributed by atoms with E-state index in [4.69, 9.17) is 4.74 Å². The Balaban J connectivity index is 2.09. The second kappa shape index (κ2) is 3.61. The van der Waals surface area contributed by atoms with Crippen molar-refractivity contribution < 1.29 is 9.84 Å². The summed E-state index contributed by atoms with van der Waals surface area (Å²) in [5, 5.41) is 11.6. The second-order valence-electron chi connectivity index (χ2n) is 3.79. The van der Waals surface area contributed by atoms with Gasteiger partial charge in [0.05, 0.1) is 0 Å². The third kappa shape index (κ3) is 1.55. The summed E-state index contributed by atoms with van der Waals surface area (Å²) >= 11 is 0. The van der Waals surface area contributed by atoms with Crippen LogP contribution < -0.4 is 0 Å². The van der Waals surface area contributed by atoms with Gasteiger partial charge in [-0.05, 0) is 22.9 Å². The summed E-state index contributed by atoms with van der Waals surface area (Å²) in [6.07, 6.45) is -0.721. The highest BCUT2D eigenvalue weighted by Gasteiger charge is 2.17. The first kappa shape index (κ1) is 9.36. The van der Waals surface area contributed by atoms with Crippen LogP contribution >= 0.6 is 0 Å². The van der Waals surface area contributed by atoms with Crippen LogP contribution in [-0.2, 0) is 4.74 Å². The summed E-state index contributed by atoms with van der Waals surface area (Å²) in [6.45, 7) is 0.252. The SMILES string of the molecule is OC1COC(c2ccc3ccccc3c2)=N1. The monoisotopic (exact) mass is 213 g/mol. The Labute approximate surface area is 93.0 Å². The molecule has 1 heterocycles. The molecule has 0 aliphatic carbocycles. The molecular formula is C13H11NO2. The highest BCUT2D eigenvalue weighted by molar-refractivity contribution is 5.99. The smallest absolute Gasteiger partial charge is 0.218 e. The number of hydrogen-bond donors (Lipinski definition) is 1. The van der Waals surface area contributed by atoms with Crippen molar-refractivity contribution in [3.05, 3.63) is 48.0 Å². The van der Waals surface area contributed by atoms with Crippen molar-refractivity contribution in [1.82, 2.24) is 0 Å². The molecule has 0 amide bonds. The lowest BCUT2D eigenvalue weighted by Crippen LogP contribution is -2.03. The van der Waals surface area contributed by atoms with Crippen molar-refractivity contribution in [2.45, 2.75) is 6.23 Å². The molecule has 80 valence electrons. The van der Waals surface area contributed by atoms with Crippen molar-refractivity contribution in [3.63, 3.8) is 0 Å². The molecule has 2 aromatic rings. The second-order valence-corrected chi connectivity index (χ2v) is 3.79. The highest BCUT2D eigenvalue weighted by atomic mass is 16.5. The van der Waals surface area contributed by atoms with Crippen LogP contribution in [0.1, 0.15) is 5.56 Å². The van der Waals surface area contributed by atoms with Gasteiger partial charge >= 0.3 is 0 Å². The fraction of sp³-hybridized carbons (Fsp3) is 0.154. The Kier molecular flexibility index (Phi) is 2.11. The quantitative estimate of drug-likeness (QED) is 0.786. The first-order chi connectivity index (χ1) is 7.83. The van der Waals surface area contributed by atoms with Crippen LogP contribution in [0.25, 0.3) is 10.8 Å². The molecule has 3 rings (SSSR count). The average Bonchev–Trinajstić information content (AvgIpc) is 2.75. The molecule has 0 bridgehead atoms. The zero-order valence-electron chi connectivity index (χ0n) is 8.63. The van der Waals surface area contributed by atoms with Crippen molar-refractivity contribution in [1.29, 1.82) is 0 Å². The van der Waals surface area contributed by atoms with Crippen LogP contribution in [0.3, 0.4) is 0 Å². The molecule has 2 aromatic carbocycles. The zero-order valence-corrected chi connectivity index (χ0v) is 8.63. The molecule has 0 aromatic heterocycles. The minimum absolute atomic E-state index is 0.252. The van der Waals surface area contributed by atoms with E-state index in [-0.39, 0.29) is 6.61 Å². The number of aliphatic hydroxyl groups excluding tert-OH is 1. The molecule has 0 radical (unpaired) electrons. The van der Waals surface area contributed by atoms with Gasteiger partial charge in [-0.2, -0.15) is 0 Å². The van der Waals surface area contributed by atoms with E-state index in [9.17, 15) is 5.11 Å². The van der Waals surface area contributed by atoms with Gasteiger partial charge in [-0.15, -0.1) is 0 Å². The number of hydrogen-bond acceptors (Lipinski definition) is 3. The Bertz CT molecular complexity index is 563. The molecule has 0 fully saturated rings. The molecule has 0 saturated carbocycles. The maximum absolute atomic E-state index is 9.26. The Morgan fingerprint density at radius 2 is 1.94 bits per heavy atom. The first-order valence-corrected chi connectivity index (χ1v) is 5.21. The van der Waals surface area contributed by atoms with E-state index in [1.807, 2.05) is 36.4 Å². The van der Waals surface area contributed by atoms with Crippen LogP contribution in [0.4, 0.5) is 0 Å². The van der Waals surface area contributed by atoms with E-state index in [0.717, 1.165) is 10.9 Å². The first-order valence-electron chi connectivity index (χ1n) is 5.21. The maximum atomic E-state index is 9.26.